The third-order valence-electron chi connectivity index (χ3n) is 10.8. The van der Waals surface area contributed by atoms with Crippen molar-refractivity contribution in [3.63, 3.8) is 0 Å². The molecule has 0 saturated carbocycles. The number of nitrogens with zero attached hydrogens (tertiary/aromatic N) is 9. The first-order chi connectivity index (χ1) is 30.9. The lowest BCUT2D eigenvalue weighted by molar-refractivity contribution is 0.559. The molecule has 0 spiro atoms. The van der Waals surface area contributed by atoms with Crippen LogP contribution in [0.1, 0.15) is 71.0 Å². The Kier molecular flexibility index (Phi) is 11.7. The molecule has 0 aliphatic heterocycles. The minimum absolute atomic E-state index is 0.0201. The standard InChI is InChI=1S/C46H46N12O4S4/c1-23-15-25(3)38(26(4)16-23)53-42-39(54-55-43-32(22-47)41(46(8,9)10)56-58(43)45-51-34-14-12-31(66(49,61)62)21-36(34)64-45)27(5)19-37(52-42)57(40-28(6)17-24(2)18-29(40)7)44-50-33-13-11-30(65(48,59)60)20-35(33)63-44/h11-21H,1-10H3,(H,52,53)(H2,48,59,60)(H2,49,61,62). The van der Waals surface area contributed by atoms with Crippen LogP contribution in [0, 0.1) is 59.8 Å². The second kappa shape index (κ2) is 16.8. The lowest BCUT2D eigenvalue weighted by Gasteiger charge is -2.27. The molecule has 0 aliphatic carbocycles. The van der Waals surface area contributed by atoms with E-state index < -0.39 is 25.5 Å². The molecule has 0 unspecified atom stereocenters. The molecule has 0 saturated heterocycles. The van der Waals surface area contributed by atoms with Crippen LogP contribution in [0.15, 0.2) is 86.7 Å². The summed E-state index contributed by atoms with van der Waals surface area (Å²) in [5, 5.41) is 40.6. The van der Waals surface area contributed by atoms with E-state index in [1.165, 1.54) is 51.6 Å². The van der Waals surface area contributed by atoms with Crippen molar-refractivity contribution in [2.75, 3.05) is 10.2 Å². The van der Waals surface area contributed by atoms with Gasteiger partial charge in [0.25, 0.3) is 0 Å². The van der Waals surface area contributed by atoms with Crippen molar-refractivity contribution in [2.45, 2.75) is 84.4 Å². The maximum absolute atomic E-state index is 12.4. The number of anilines is 5. The summed E-state index contributed by atoms with van der Waals surface area (Å²) in [4.78, 5) is 17.0. The Labute approximate surface area is 390 Å². The largest absolute Gasteiger partial charge is 0.338 e. The number of pyridine rings is 1. The molecule has 0 atom stereocenters. The van der Waals surface area contributed by atoms with Crippen LogP contribution < -0.4 is 20.5 Å². The van der Waals surface area contributed by atoms with E-state index in [0.29, 0.717) is 59.3 Å². The highest BCUT2D eigenvalue weighted by atomic mass is 32.2. The second-order valence-corrected chi connectivity index (χ2v) is 22.5. The number of aryl methyl sites for hydroxylation is 7. The van der Waals surface area contributed by atoms with Gasteiger partial charge in [-0.2, -0.15) is 15.0 Å². The molecule has 4 aromatic carbocycles. The van der Waals surface area contributed by atoms with Gasteiger partial charge in [-0.05, 0) is 119 Å². The third-order valence-corrected chi connectivity index (χ3v) is 14.7. The summed E-state index contributed by atoms with van der Waals surface area (Å²) < 4.78 is 51.8. The zero-order valence-corrected chi connectivity index (χ0v) is 41.1. The van der Waals surface area contributed by atoms with Crippen LogP contribution in [0.4, 0.5) is 39.6 Å². The molecule has 338 valence electrons. The molecule has 0 fully saturated rings. The molecular weight excluding hydrogens is 913 g/mol. The fraction of sp³-hybridized carbons (Fsp3) is 0.239. The molecule has 4 aromatic heterocycles. The first-order valence-electron chi connectivity index (χ1n) is 20.5. The summed E-state index contributed by atoms with van der Waals surface area (Å²) in [5.74, 6) is 0.958. The van der Waals surface area contributed by atoms with Crippen molar-refractivity contribution in [1.29, 1.82) is 5.26 Å². The van der Waals surface area contributed by atoms with E-state index >= 15 is 0 Å². The Morgan fingerprint density at radius 3 is 1.80 bits per heavy atom. The van der Waals surface area contributed by atoms with E-state index in [4.69, 9.17) is 40.6 Å². The molecule has 16 nitrogen and oxygen atoms in total. The zero-order valence-electron chi connectivity index (χ0n) is 37.8. The Morgan fingerprint density at radius 2 is 1.26 bits per heavy atom. The van der Waals surface area contributed by atoms with Crippen LogP contribution in [0.5, 0.6) is 0 Å². The van der Waals surface area contributed by atoms with Gasteiger partial charge in [-0.3, -0.25) is 4.90 Å². The van der Waals surface area contributed by atoms with E-state index in [1.54, 1.807) is 12.1 Å². The van der Waals surface area contributed by atoms with Gasteiger partial charge in [-0.1, -0.05) is 78.8 Å². The predicted octanol–water partition coefficient (Wildman–Crippen LogP) is 10.7. The topological polar surface area (TPSA) is 241 Å². The van der Waals surface area contributed by atoms with Crippen molar-refractivity contribution in [2.24, 2.45) is 20.5 Å². The maximum Gasteiger partial charge on any atom is 0.238 e. The zero-order chi connectivity index (χ0) is 47.8. The van der Waals surface area contributed by atoms with Crippen molar-refractivity contribution in [3.8, 4) is 11.2 Å². The molecule has 20 heteroatoms. The predicted molar refractivity (Wildman–Crippen MR) is 262 cm³/mol. The lowest BCUT2D eigenvalue weighted by atomic mass is 9.90. The quantitative estimate of drug-likeness (QED) is 0.109. The monoisotopic (exact) mass is 958 g/mol. The van der Waals surface area contributed by atoms with Crippen molar-refractivity contribution in [1.82, 2.24) is 24.7 Å². The normalized spacial score (nSPS) is 12.4. The number of nitriles is 1. The Hall–Kier alpha value is -6.47. The Balaban J connectivity index is 1.36. The number of rotatable bonds is 10. The summed E-state index contributed by atoms with van der Waals surface area (Å²) in [6.07, 6.45) is 0. The first-order valence-corrected chi connectivity index (χ1v) is 25.2. The van der Waals surface area contributed by atoms with Crippen molar-refractivity contribution in [3.05, 3.63) is 117 Å². The molecule has 0 radical (unpaired) electrons. The second-order valence-electron chi connectivity index (χ2n) is 17.3. The summed E-state index contributed by atoms with van der Waals surface area (Å²) in [5.41, 5.74) is 9.86. The number of azo groups is 1. The van der Waals surface area contributed by atoms with Gasteiger partial charge in [-0.25, -0.2) is 42.1 Å². The van der Waals surface area contributed by atoms with Crippen molar-refractivity contribution < 1.29 is 16.8 Å². The van der Waals surface area contributed by atoms with Crippen LogP contribution in [0.25, 0.3) is 25.6 Å². The van der Waals surface area contributed by atoms with Gasteiger partial charge in [0.1, 0.15) is 23.1 Å². The molecule has 0 amide bonds. The number of thiazole rings is 2. The summed E-state index contributed by atoms with van der Waals surface area (Å²) in [6.45, 7) is 19.8. The highest BCUT2D eigenvalue weighted by Crippen LogP contribution is 2.46. The van der Waals surface area contributed by atoms with E-state index in [0.717, 1.165) is 44.8 Å². The van der Waals surface area contributed by atoms with Crippen molar-refractivity contribution >= 4 is 103 Å². The molecule has 5 N–H and O–H groups in total. The number of nitrogens with two attached hydrogens (primary N) is 2. The van der Waals surface area contributed by atoms with E-state index in [-0.39, 0.29) is 21.2 Å². The lowest BCUT2D eigenvalue weighted by Crippen LogP contribution is -2.15. The first kappa shape index (κ1) is 46.1. The maximum atomic E-state index is 12.4. The van der Waals surface area contributed by atoms with Crippen LogP contribution in [0.2, 0.25) is 0 Å². The van der Waals surface area contributed by atoms with Gasteiger partial charge >= 0.3 is 0 Å². The number of hydrogen-bond acceptors (Lipinski definition) is 15. The van der Waals surface area contributed by atoms with Gasteiger partial charge in [0, 0.05) is 11.1 Å². The van der Waals surface area contributed by atoms with Crippen LogP contribution in [0.3, 0.4) is 0 Å². The fourth-order valence-electron chi connectivity index (χ4n) is 7.99. The molecule has 66 heavy (non-hydrogen) atoms. The molecular formula is C46H46N12O4S4. The van der Waals surface area contributed by atoms with Crippen LogP contribution in [-0.2, 0) is 25.5 Å². The number of hydrogen-bond donors (Lipinski definition) is 3. The van der Waals surface area contributed by atoms with Gasteiger partial charge in [0.05, 0.1) is 41.6 Å². The Morgan fingerprint density at radius 1 is 0.712 bits per heavy atom. The third kappa shape index (κ3) is 8.80. The number of nitrogens with one attached hydrogen (secondary N) is 1. The van der Waals surface area contributed by atoms with Gasteiger partial charge in [-0.15, -0.1) is 10.2 Å². The number of sulfonamides is 2. The van der Waals surface area contributed by atoms with Crippen LogP contribution in [-0.4, -0.2) is 41.6 Å². The molecule has 4 heterocycles. The highest BCUT2D eigenvalue weighted by Gasteiger charge is 2.30. The number of benzene rings is 4. The minimum Gasteiger partial charge on any atom is -0.338 e. The summed E-state index contributed by atoms with van der Waals surface area (Å²) in [6, 6.07) is 21.5. The fourth-order valence-corrected chi connectivity index (χ4v) is 11.2. The summed E-state index contributed by atoms with van der Waals surface area (Å²) in [7, 11) is -7.96. The van der Waals surface area contributed by atoms with E-state index in [2.05, 4.69) is 35.7 Å². The molecule has 8 aromatic rings. The highest BCUT2D eigenvalue weighted by molar-refractivity contribution is 7.89. The molecule has 8 rings (SSSR count). The average Bonchev–Trinajstić information content (AvgIpc) is 3.93. The summed E-state index contributed by atoms with van der Waals surface area (Å²) >= 11 is 2.47. The smallest absolute Gasteiger partial charge is 0.238 e. The van der Waals surface area contributed by atoms with Crippen LogP contribution >= 0.6 is 22.7 Å². The number of primary sulfonamides is 2. The van der Waals surface area contributed by atoms with Gasteiger partial charge in [0.15, 0.2) is 16.8 Å². The van der Waals surface area contributed by atoms with E-state index in [9.17, 15) is 22.1 Å². The van der Waals surface area contributed by atoms with E-state index in [1.807, 2.05) is 80.2 Å². The van der Waals surface area contributed by atoms with Gasteiger partial charge in [0.2, 0.25) is 25.2 Å². The molecule has 0 aliphatic rings. The molecule has 0 bridgehead atoms. The SMILES string of the molecule is Cc1cc(C)c(Nc2nc(N(c3nc4ccc(S(N)(=O)=O)cc4s3)c3c(C)cc(C)cc3C)cc(C)c2N=Nc2c(C#N)c(C(C)(C)C)nn2-c2nc3ccc(S(N)(=O)=O)cc3s2)c(C)c1. The van der Waals surface area contributed by atoms with Gasteiger partial charge < -0.3 is 5.32 Å². The number of fused-ring (bicyclic) bond motifs is 2. The number of aromatic nitrogens is 5. The Bertz CT molecular complexity index is 3570. The average molecular weight is 959 g/mol. The minimum atomic E-state index is -3.98.